The highest BCUT2D eigenvalue weighted by atomic mass is 19.1. The number of hydrazone groups is 1. The number of benzene rings is 3. The maximum Gasteiger partial charge on any atom is 0.283 e. The topological polar surface area (TPSA) is 68.2 Å². The van der Waals surface area contributed by atoms with Crippen LogP contribution in [0.5, 0.6) is 11.5 Å². The molecule has 0 aromatic heterocycles. The number of halogens is 1. The molecule has 4 rings (SSSR count). The van der Waals surface area contributed by atoms with Crippen molar-refractivity contribution < 1.29 is 23.5 Å². The predicted molar refractivity (Wildman–Crippen MR) is 127 cm³/mol. The van der Waals surface area contributed by atoms with Gasteiger partial charge in [0.1, 0.15) is 12.4 Å². The molecule has 34 heavy (non-hydrogen) atoms. The van der Waals surface area contributed by atoms with Gasteiger partial charge in [0.05, 0.1) is 17.9 Å². The lowest BCUT2D eigenvalue weighted by Gasteiger charge is -2.13. The number of hydrogen-bond donors (Lipinski definition) is 0. The summed E-state index contributed by atoms with van der Waals surface area (Å²) in [5.74, 6) is -0.405. The maximum atomic E-state index is 13.9. The molecular formula is C27H23FN2O4. The first-order valence-electron chi connectivity index (χ1n) is 10.8. The van der Waals surface area contributed by atoms with Gasteiger partial charge in [-0.15, -0.1) is 0 Å². The molecule has 0 spiro atoms. The number of amides is 2. The molecule has 1 aliphatic rings. The van der Waals surface area contributed by atoms with E-state index in [4.69, 9.17) is 9.47 Å². The lowest BCUT2D eigenvalue weighted by molar-refractivity contribution is -0.123. The van der Waals surface area contributed by atoms with Crippen LogP contribution in [0.25, 0.3) is 6.08 Å². The lowest BCUT2D eigenvalue weighted by Crippen LogP contribution is -2.29. The van der Waals surface area contributed by atoms with Crippen LogP contribution in [0.3, 0.4) is 0 Å². The zero-order chi connectivity index (χ0) is 24.1. The Morgan fingerprint density at radius 3 is 2.47 bits per heavy atom. The molecule has 6 nitrogen and oxygen atoms in total. The second-order valence-electron chi connectivity index (χ2n) is 7.55. The molecule has 0 radical (unpaired) electrons. The molecule has 0 saturated carbocycles. The van der Waals surface area contributed by atoms with Gasteiger partial charge in [-0.1, -0.05) is 42.5 Å². The standard InChI is InChI=1S/C27H23FN2O4/c1-3-33-25-16-19(13-14-24(25)34-17-21-11-7-8-12-23(21)28)15-22-18(2)29-30(27(22)32)26(31)20-9-5-4-6-10-20/h4-16H,3,17H2,1-2H3/b22-15+. The van der Waals surface area contributed by atoms with Crippen molar-refractivity contribution in [2.75, 3.05) is 6.61 Å². The molecule has 0 unspecified atom stereocenters. The molecule has 0 atom stereocenters. The Hall–Kier alpha value is -4.26. The molecular weight excluding hydrogens is 435 g/mol. The first-order chi connectivity index (χ1) is 16.5. The van der Waals surface area contributed by atoms with E-state index in [1.807, 2.05) is 6.92 Å². The summed E-state index contributed by atoms with van der Waals surface area (Å²) < 4.78 is 25.4. The van der Waals surface area contributed by atoms with Crippen LogP contribution in [-0.2, 0) is 11.4 Å². The molecule has 172 valence electrons. The summed E-state index contributed by atoms with van der Waals surface area (Å²) in [6, 6.07) is 20.1. The third kappa shape index (κ3) is 4.88. The van der Waals surface area contributed by atoms with Crippen LogP contribution in [0.15, 0.2) is 83.5 Å². The highest BCUT2D eigenvalue weighted by molar-refractivity contribution is 6.30. The number of ether oxygens (including phenoxy) is 2. The molecule has 3 aromatic carbocycles. The van der Waals surface area contributed by atoms with Gasteiger partial charge in [-0.05, 0) is 55.8 Å². The molecule has 3 aromatic rings. The van der Waals surface area contributed by atoms with Gasteiger partial charge in [0.2, 0.25) is 0 Å². The number of carbonyl (C=O) groups excluding carboxylic acids is 2. The second-order valence-corrected chi connectivity index (χ2v) is 7.55. The number of nitrogens with zero attached hydrogens (tertiary/aromatic N) is 2. The molecule has 0 fully saturated rings. The molecule has 0 N–H and O–H groups in total. The first kappa shape index (κ1) is 22.9. The fourth-order valence-electron chi connectivity index (χ4n) is 3.46. The van der Waals surface area contributed by atoms with E-state index in [-0.39, 0.29) is 12.4 Å². The Kier molecular flexibility index (Phi) is 6.82. The van der Waals surface area contributed by atoms with Crippen LogP contribution < -0.4 is 9.47 Å². The van der Waals surface area contributed by atoms with Crippen molar-refractivity contribution in [1.29, 1.82) is 0 Å². The van der Waals surface area contributed by atoms with Gasteiger partial charge >= 0.3 is 0 Å². The Bertz CT molecular complexity index is 1280. The number of hydrogen-bond acceptors (Lipinski definition) is 5. The van der Waals surface area contributed by atoms with Crippen LogP contribution in [0, 0.1) is 5.82 Å². The monoisotopic (exact) mass is 458 g/mol. The molecule has 0 aliphatic carbocycles. The van der Waals surface area contributed by atoms with Gasteiger partial charge in [0, 0.05) is 11.1 Å². The Balaban J connectivity index is 1.56. The molecule has 0 saturated heterocycles. The SMILES string of the molecule is CCOc1cc(/C=C2/C(=O)N(C(=O)c3ccccc3)N=C2C)ccc1OCc1ccccc1F. The van der Waals surface area contributed by atoms with Crippen molar-refractivity contribution in [3.8, 4) is 11.5 Å². The van der Waals surface area contributed by atoms with E-state index in [2.05, 4.69) is 5.10 Å². The van der Waals surface area contributed by atoms with E-state index in [9.17, 15) is 14.0 Å². The summed E-state index contributed by atoms with van der Waals surface area (Å²) in [7, 11) is 0. The second kappa shape index (κ2) is 10.1. The highest BCUT2D eigenvalue weighted by Crippen LogP contribution is 2.31. The van der Waals surface area contributed by atoms with Crippen LogP contribution in [-0.4, -0.2) is 29.1 Å². The molecule has 2 amide bonds. The minimum Gasteiger partial charge on any atom is -0.490 e. The summed E-state index contributed by atoms with van der Waals surface area (Å²) in [5, 5.41) is 5.04. The quantitative estimate of drug-likeness (QED) is 0.358. The minimum atomic E-state index is -0.496. The van der Waals surface area contributed by atoms with Crippen molar-refractivity contribution >= 4 is 23.6 Å². The average molecular weight is 458 g/mol. The van der Waals surface area contributed by atoms with Gasteiger partial charge in [-0.25, -0.2) is 4.39 Å². The van der Waals surface area contributed by atoms with Crippen LogP contribution in [0.2, 0.25) is 0 Å². The molecule has 0 bridgehead atoms. The third-order valence-electron chi connectivity index (χ3n) is 5.20. The minimum absolute atomic E-state index is 0.0496. The summed E-state index contributed by atoms with van der Waals surface area (Å²) in [5.41, 5.74) is 2.24. The predicted octanol–water partition coefficient (Wildman–Crippen LogP) is 5.25. The maximum absolute atomic E-state index is 13.9. The van der Waals surface area contributed by atoms with E-state index < -0.39 is 11.8 Å². The van der Waals surface area contributed by atoms with E-state index >= 15 is 0 Å². The fourth-order valence-corrected chi connectivity index (χ4v) is 3.46. The normalized spacial score (nSPS) is 14.3. The number of rotatable bonds is 7. The number of imide groups is 1. The summed E-state index contributed by atoms with van der Waals surface area (Å²) in [6.45, 7) is 3.97. The van der Waals surface area contributed by atoms with Crippen molar-refractivity contribution in [1.82, 2.24) is 5.01 Å². The van der Waals surface area contributed by atoms with E-state index in [1.54, 1.807) is 79.7 Å². The summed E-state index contributed by atoms with van der Waals surface area (Å²) in [4.78, 5) is 25.6. The average Bonchev–Trinajstić information content (AvgIpc) is 3.13. The number of carbonyl (C=O) groups is 2. The van der Waals surface area contributed by atoms with E-state index in [0.29, 0.717) is 46.1 Å². The van der Waals surface area contributed by atoms with Crippen molar-refractivity contribution in [3.63, 3.8) is 0 Å². The van der Waals surface area contributed by atoms with Crippen molar-refractivity contribution in [2.24, 2.45) is 5.10 Å². The van der Waals surface area contributed by atoms with Gasteiger partial charge in [-0.3, -0.25) is 9.59 Å². The largest absolute Gasteiger partial charge is 0.490 e. The molecule has 7 heteroatoms. The van der Waals surface area contributed by atoms with Gasteiger partial charge in [0.25, 0.3) is 11.8 Å². The fraction of sp³-hybridized carbons (Fsp3) is 0.148. The van der Waals surface area contributed by atoms with Crippen LogP contribution in [0.1, 0.15) is 35.3 Å². The zero-order valence-corrected chi connectivity index (χ0v) is 18.8. The van der Waals surface area contributed by atoms with E-state index in [1.165, 1.54) is 6.07 Å². The van der Waals surface area contributed by atoms with Gasteiger partial charge < -0.3 is 9.47 Å². The van der Waals surface area contributed by atoms with Crippen molar-refractivity contribution in [3.05, 3.63) is 101 Å². The van der Waals surface area contributed by atoms with Crippen LogP contribution in [0.4, 0.5) is 4.39 Å². The lowest BCUT2D eigenvalue weighted by atomic mass is 10.1. The van der Waals surface area contributed by atoms with Crippen LogP contribution >= 0.6 is 0 Å². The van der Waals surface area contributed by atoms with E-state index in [0.717, 1.165) is 5.01 Å². The Morgan fingerprint density at radius 1 is 1.00 bits per heavy atom. The van der Waals surface area contributed by atoms with Gasteiger partial charge in [0.15, 0.2) is 11.5 Å². The highest BCUT2D eigenvalue weighted by Gasteiger charge is 2.33. The summed E-state index contributed by atoms with van der Waals surface area (Å²) >= 11 is 0. The van der Waals surface area contributed by atoms with Crippen molar-refractivity contribution in [2.45, 2.75) is 20.5 Å². The molecule has 1 heterocycles. The molecule has 1 aliphatic heterocycles. The first-order valence-corrected chi connectivity index (χ1v) is 10.8. The van der Waals surface area contributed by atoms with Gasteiger partial charge in [-0.2, -0.15) is 10.1 Å². The summed E-state index contributed by atoms with van der Waals surface area (Å²) in [6.07, 6.45) is 1.66. The smallest absolute Gasteiger partial charge is 0.283 e. The third-order valence-corrected chi connectivity index (χ3v) is 5.20. The Morgan fingerprint density at radius 2 is 1.74 bits per heavy atom. The Labute approximate surface area is 196 Å². The zero-order valence-electron chi connectivity index (χ0n) is 18.8.